The van der Waals surface area contributed by atoms with Crippen LogP contribution >= 0.6 is 11.3 Å². The Morgan fingerprint density at radius 2 is 1.93 bits per heavy atom. The molecule has 0 unspecified atom stereocenters. The van der Waals surface area contributed by atoms with Crippen molar-refractivity contribution in [3.63, 3.8) is 0 Å². The Bertz CT molecular complexity index is 459. The van der Waals surface area contributed by atoms with Crippen molar-refractivity contribution in [2.75, 3.05) is 12.4 Å². The van der Waals surface area contributed by atoms with E-state index in [2.05, 4.69) is 22.4 Å². The molecule has 1 aliphatic carbocycles. The van der Waals surface area contributed by atoms with Crippen molar-refractivity contribution in [1.29, 1.82) is 0 Å². The standard InChI is InChI=1S/C12H14N2S/c1-13-12-14-10-6-8-4-2-3-5-9(8)7-11(10)15-12/h6-7H,2-5H2,1H3,(H,13,14). The molecule has 0 radical (unpaired) electrons. The van der Waals surface area contributed by atoms with Crippen LogP contribution < -0.4 is 5.32 Å². The smallest absolute Gasteiger partial charge is 0.183 e. The van der Waals surface area contributed by atoms with Crippen LogP contribution in [0.5, 0.6) is 0 Å². The molecule has 1 heterocycles. The third-order valence-electron chi connectivity index (χ3n) is 3.07. The molecule has 0 aliphatic heterocycles. The molecule has 78 valence electrons. The number of rotatable bonds is 1. The molecule has 1 aliphatic rings. The fraction of sp³-hybridized carbons (Fsp3) is 0.417. The maximum atomic E-state index is 4.55. The Labute approximate surface area is 93.3 Å². The van der Waals surface area contributed by atoms with Crippen molar-refractivity contribution >= 4 is 26.7 Å². The van der Waals surface area contributed by atoms with Crippen LogP contribution in [0.15, 0.2) is 12.1 Å². The van der Waals surface area contributed by atoms with Gasteiger partial charge in [0, 0.05) is 7.05 Å². The first-order valence-electron chi connectivity index (χ1n) is 5.47. The van der Waals surface area contributed by atoms with Crippen molar-refractivity contribution in [3.05, 3.63) is 23.3 Å². The Balaban J connectivity index is 2.19. The molecule has 1 aromatic heterocycles. The van der Waals surface area contributed by atoms with E-state index in [0.29, 0.717) is 0 Å². The monoisotopic (exact) mass is 218 g/mol. The molecule has 0 spiro atoms. The first-order valence-corrected chi connectivity index (χ1v) is 6.28. The van der Waals surface area contributed by atoms with Gasteiger partial charge in [-0.25, -0.2) is 4.98 Å². The largest absolute Gasteiger partial charge is 0.365 e. The normalized spacial score (nSPS) is 15.3. The fourth-order valence-corrected chi connectivity index (χ4v) is 3.13. The summed E-state index contributed by atoms with van der Waals surface area (Å²) in [4.78, 5) is 4.55. The van der Waals surface area contributed by atoms with Gasteiger partial charge in [-0.05, 0) is 48.9 Å². The molecule has 0 atom stereocenters. The number of fused-ring (bicyclic) bond motifs is 2. The molecule has 0 fully saturated rings. The zero-order valence-corrected chi connectivity index (χ0v) is 9.66. The van der Waals surface area contributed by atoms with Crippen molar-refractivity contribution < 1.29 is 0 Å². The number of nitrogens with zero attached hydrogens (tertiary/aromatic N) is 1. The van der Waals surface area contributed by atoms with Gasteiger partial charge < -0.3 is 5.32 Å². The predicted molar refractivity (Wildman–Crippen MR) is 65.8 cm³/mol. The number of benzene rings is 1. The summed E-state index contributed by atoms with van der Waals surface area (Å²) < 4.78 is 1.32. The average Bonchev–Trinajstić information content (AvgIpc) is 2.67. The van der Waals surface area contributed by atoms with E-state index < -0.39 is 0 Å². The molecule has 1 N–H and O–H groups in total. The van der Waals surface area contributed by atoms with Crippen molar-refractivity contribution in [1.82, 2.24) is 4.98 Å². The van der Waals surface area contributed by atoms with Gasteiger partial charge in [-0.15, -0.1) is 0 Å². The zero-order valence-electron chi connectivity index (χ0n) is 8.84. The van der Waals surface area contributed by atoms with Crippen LogP contribution in [0, 0.1) is 0 Å². The number of thiazole rings is 1. The van der Waals surface area contributed by atoms with Crippen LogP contribution in [0.1, 0.15) is 24.0 Å². The van der Waals surface area contributed by atoms with E-state index in [1.165, 1.54) is 35.9 Å². The van der Waals surface area contributed by atoms with Crippen molar-refractivity contribution in [2.24, 2.45) is 0 Å². The number of hydrogen-bond acceptors (Lipinski definition) is 3. The minimum absolute atomic E-state index is 1.02. The van der Waals surface area contributed by atoms with E-state index in [0.717, 1.165) is 10.6 Å². The van der Waals surface area contributed by atoms with Crippen LogP contribution in [-0.2, 0) is 12.8 Å². The third-order valence-corrected chi connectivity index (χ3v) is 4.10. The summed E-state index contributed by atoms with van der Waals surface area (Å²) in [5.74, 6) is 0. The summed E-state index contributed by atoms with van der Waals surface area (Å²) in [5, 5.41) is 4.14. The Morgan fingerprint density at radius 3 is 2.67 bits per heavy atom. The van der Waals surface area contributed by atoms with Crippen LogP contribution in [0.4, 0.5) is 5.13 Å². The first-order chi connectivity index (χ1) is 7.36. The molecule has 1 aromatic carbocycles. The topological polar surface area (TPSA) is 24.9 Å². The lowest BCUT2D eigenvalue weighted by Crippen LogP contribution is -2.01. The minimum atomic E-state index is 1.02. The molecule has 2 nitrogen and oxygen atoms in total. The highest BCUT2D eigenvalue weighted by atomic mass is 32.1. The SMILES string of the molecule is CNc1nc2cc3c(cc2s1)CCCC3. The minimum Gasteiger partial charge on any atom is -0.365 e. The zero-order chi connectivity index (χ0) is 10.3. The lowest BCUT2D eigenvalue weighted by Gasteiger charge is -2.14. The molecule has 2 aromatic rings. The highest BCUT2D eigenvalue weighted by molar-refractivity contribution is 7.22. The molecule has 3 rings (SSSR count). The van der Waals surface area contributed by atoms with Gasteiger partial charge in [0.05, 0.1) is 10.2 Å². The molecule has 0 amide bonds. The van der Waals surface area contributed by atoms with E-state index in [4.69, 9.17) is 0 Å². The van der Waals surface area contributed by atoms with E-state index in [1.807, 2.05) is 7.05 Å². The fourth-order valence-electron chi connectivity index (χ4n) is 2.26. The van der Waals surface area contributed by atoms with Crippen molar-refractivity contribution in [3.8, 4) is 0 Å². The number of nitrogens with one attached hydrogen (secondary N) is 1. The maximum Gasteiger partial charge on any atom is 0.183 e. The molecular formula is C12H14N2S. The Kier molecular flexibility index (Phi) is 2.13. The van der Waals surface area contributed by atoms with Crippen LogP contribution in [-0.4, -0.2) is 12.0 Å². The van der Waals surface area contributed by atoms with Gasteiger partial charge in [0.25, 0.3) is 0 Å². The van der Waals surface area contributed by atoms with Gasteiger partial charge in [-0.1, -0.05) is 11.3 Å². The molecular weight excluding hydrogens is 204 g/mol. The second-order valence-electron chi connectivity index (χ2n) is 4.06. The van der Waals surface area contributed by atoms with Gasteiger partial charge >= 0.3 is 0 Å². The van der Waals surface area contributed by atoms with Gasteiger partial charge in [-0.3, -0.25) is 0 Å². The molecule has 15 heavy (non-hydrogen) atoms. The predicted octanol–water partition coefficient (Wildman–Crippen LogP) is 3.22. The summed E-state index contributed by atoms with van der Waals surface area (Å²) in [6, 6.07) is 4.61. The Hall–Kier alpha value is -1.09. The second-order valence-corrected chi connectivity index (χ2v) is 5.10. The number of aryl methyl sites for hydroxylation is 2. The van der Waals surface area contributed by atoms with Gasteiger partial charge in [-0.2, -0.15) is 0 Å². The van der Waals surface area contributed by atoms with E-state index >= 15 is 0 Å². The summed E-state index contributed by atoms with van der Waals surface area (Å²) in [7, 11) is 1.93. The van der Waals surface area contributed by atoms with Gasteiger partial charge in [0.15, 0.2) is 5.13 Å². The molecule has 0 bridgehead atoms. The highest BCUT2D eigenvalue weighted by Crippen LogP contribution is 2.31. The average molecular weight is 218 g/mol. The molecule has 0 saturated carbocycles. The van der Waals surface area contributed by atoms with E-state index in [-0.39, 0.29) is 0 Å². The summed E-state index contributed by atoms with van der Waals surface area (Å²) >= 11 is 1.75. The Morgan fingerprint density at radius 1 is 1.20 bits per heavy atom. The van der Waals surface area contributed by atoms with Crippen LogP contribution in [0.25, 0.3) is 10.2 Å². The number of aromatic nitrogens is 1. The quantitative estimate of drug-likeness (QED) is 0.795. The van der Waals surface area contributed by atoms with E-state index in [1.54, 1.807) is 16.9 Å². The van der Waals surface area contributed by atoms with Crippen LogP contribution in [0.2, 0.25) is 0 Å². The number of anilines is 1. The summed E-state index contributed by atoms with van der Waals surface area (Å²) in [6.45, 7) is 0. The number of hydrogen-bond donors (Lipinski definition) is 1. The summed E-state index contributed by atoms with van der Waals surface area (Å²) in [5.41, 5.74) is 4.21. The van der Waals surface area contributed by atoms with Gasteiger partial charge in [0.2, 0.25) is 0 Å². The lowest BCUT2D eigenvalue weighted by atomic mass is 9.92. The molecule has 3 heteroatoms. The lowest BCUT2D eigenvalue weighted by molar-refractivity contribution is 0.687. The van der Waals surface area contributed by atoms with E-state index in [9.17, 15) is 0 Å². The van der Waals surface area contributed by atoms with Crippen LogP contribution in [0.3, 0.4) is 0 Å². The summed E-state index contributed by atoms with van der Waals surface area (Å²) in [6.07, 6.45) is 5.16. The maximum absolute atomic E-state index is 4.55. The van der Waals surface area contributed by atoms with Crippen molar-refractivity contribution in [2.45, 2.75) is 25.7 Å². The second kappa shape index (κ2) is 3.49. The highest BCUT2D eigenvalue weighted by Gasteiger charge is 2.12. The third kappa shape index (κ3) is 1.51. The van der Waals surface area contributed by atoms with Gasteiger partial charge in [0.1, 0.15) is 0 Å². The first kappa shape index (κ1) is 9.16. The molecule has 0 saturated heterocycles.